The topological polar surface area (TPSA) is 86.8 Å². The lowest BCUT2D eigenvalue weighted by Crippen LogP contribution is -2.53. The van der Waals surface area contributed by atoms with Crippen molar-refractivity contribution in [1.82, 2.24) is 10.2 Å². The average molecular weight is 598 g/mol. The van der Waals surface area contributed by atoms with Crippen LogP contribution in [-0.2, 0) is 26.2 Å². The van der Waals surface area contributed by atoms with Gasteiger partial charge in [0.05, 0.1) is 10.6 Å². The van der Waals surface area contributed by atoms with Gasteiger partial charge in [0.2, 0.25) is 11.8 Å². The summed E-state index contributed by atoms with van der Waals surface area (Å²) in [5.74, 6) is -0.763. The van der Waals surface area contributed by atoms with Crippen LogP contribution in [0.15, 0.2) is 71.6 Å². The van der Waals surface area contributed by atoms with Gasteiger partial charge in [-0.15, -0.1) is 0 Å². The highest BCUT2D eigenvalue weighted by atomic mass is 35.5. The number of sulfonamides is 1. The number of carbonyl (C=O) groups is 2. The van der Waals surface area contributed by atoms with Gasteiger partial charge >= 0.3 is 0 Å². The molecule has 0 radical (unpaired) electrons. The minimum Gasteiger partial charge on any atom is -0.352 e. The number of nitrogens with one attached hydrogen (secondary N) is 1. The molecule has 0 heterocycles. The second kappa shape index (κ2) is 14.0. The van der Waals surface area contributed by atoms with Gasteiger partial charge in [0.25, 0.3) is 10.0 Å². The summed E-state index contributed by atoms with van der Waals surface area (Å²) >= 11 is 6.40. The predicted molar refractivity (Wildman–Crippen MR) is 166 cm³/mol. The molecule has 7 nitrogen and oxygen atoms in total. The molecule has 0 unspecified atom stereocenters. The van der Waals surface area contributed by atoms with Crippen molar-refractivity contribution in [2.45, 2.75) is 77.9 Å². The number of rotatable bonds is 12. The molecule has 0 aliphatic heterocycles. The van der Waals surface area contributed by atoms with E-state index in [0.29, 0.717) is 22.7 Å². The van der Waals surface area contributed by atoms with Gasteiger partial charge in [0.1, 0.15) is 12.6 Å². The molecule has 0 aromatic heterocycles. The molecular weight excluding hydrogens is 558 g/mol. The lowest BCUT2D eigenvalue weighted by molar-refractivity contribution is -0.140. The van der Waals surface area contributed by atoms with Gasteiger partial charge in [-0.3, -0.25) is 13.9 Å². The van der Waals surface area contributed by atoms with Crippen LogP contribution in [0.25, 0.3) is 0 Å². The zero-order chi connectivity index (χ0) is 30.3. The highest BCUT2D eigenvalue weighted by Gasteiger charge is 2.34. The van der Waals surface area contributed by atoms with Crippen molar-refractivity contribution in [3.63, 3.8) is 0 Å². The average Bonchev–Trinajstić information content (AvgIpc) is 2.94. The van der Waals surface area contributed by atoms with E-state index in [1.54, 1.807) is 37.3 Å². The molecule has 0 saturated heterocycles. The number of hydrogen-bond acceptors (Lipinski definition) is 4. The first kappa shape index (κ1) is 32.2. The number of carbonyl (C=O) groups excluding carboxylic acids is 2. The predicted octanol–water partition coefficient (Wildman–Crippen LogP) is 6.18. The second-order valence-electron chi connectivity index (χ2n) is 10.5. The monoisotopic (exact) mass is 597 g/mol. The highest BCUT2D eigenvalue weighted by molar-refractivity contribution is 7.92. The third kappa shape index (κ3) is 7.89. The van der Waals surface area contributed by atoms with Crippen LogP contribution in [0, 0.1) is 20.8 Å². The standard InChI is InChI=1S/C32H40ClN3O4S/c1-7-24(5)34-32(38)29(8-2)35(20-26-16-12-22(3)13-17-26)31(37)21-36(30-11-9-10-28(33)25(30)6)41(39,40)27-18-14-23(4)15-19-27/h9-19,24,29H,7-8,20-21H2,1-6H3,(H,34,38)/t24-,29-/m1/s1. The quantitative estimate of drug-likeness (QED) is 0.270. The lowest BCUT2D eigenvalue weighted by Gasteiger charge is -2.34. The molecule has 1 N–H and O–H groups in total. The molecule has 0 aliphatic rings. The van der Waals surface area contributed by atoms with Gasteiger partial charge in [-0.1, -0.05) is 79.0 Å². The maximum Gasteiger partial charge on any atom is 0.264 e. The molecule has 0 aliphatic carbocycles. The Labute approximate surface area is 249 Å². The van der Waals surface area contributed by atoms with Gasteiger partial charge < -0.3 is 10.2 Å². The van der Waals surface area contributed by atoms with Crippen molar-refractivity contribution in [2.24, 2.45) is 0 Å². The molecular formula is C32H40ClN3O4S. The van der Waals surface area contributed by atoms with Gasteiger partial charge in [-0.2, -0.15) is 0 Å². The van der Waals surface area contributed by atoms with E-state index in [0.717, 1.165) is 27.4 Å². The van der Waals surface area contributed by atoms with Crippen LogP contribution in [0.2, 0.25) is 5.02 Å². The summed E-state index contributed by atoms with van der Waals surface area (Å²) in [6, 6.07) is 18.3. The second-order valence-corrected chi connectivity index (χ2v) is 12.7. The summed E-state index contributed by atoms with van der Waals surface area (Å²) in [5, 5.41) is 3.38. The van der Waals surface area contributed by atoms with Crippen LogP contribution in [0.4, 0.5) is 5.69 Å². The number of benzene rings is 3. The number of anilines is 1. The van der Waals surface area contributed by atoms with E-state index in [9.17, 15) is 18.0 Å². The van der Waals surface area contributed by atoms with E-state index < -0.39 is 28.5 Å². The van der Waals surface area contributed by atoms with Crippen molar-refractivity contribution in [3.05, 3.63) is 94.0 Å². The van der Waals surface area contributed by atoms with Gasteiger partial charge in [0, 0.05) is 17.6 Å². The number of amides is 2. The molecule has 0 spiro atoms. The van der Waals surface area contributed by atoms with E-state index in [2.05, 4.69) is 5.32 Å². The van der Waals surface area contributed by atoms with E-state index in [1.165, 1.54) is 17.0 Å². The van der Waals surface area contributed by atoms with Crippen molar-refractivity contribution < 1.29 is 18.0 Å². The summed E-state index contributed by atoms with van der Waals surface area (Å²) in [6.07, 6.45) is 1.10. The largest absolute Gasteiger partial charge is 0.352 e. The normalized spacial score (nSPS) is 12.9. The number of aryl methyl sites for hydroxylation is 2. The number of hydrogen-bond donors (Lipinski definition) is 1. The van der Waals surface area contributed by atoms with Crippen molar-refractivity contribution in [1.29, 1.82) is 0 Å². The first-order chi connectivity index (χ1) is 19.4. The highest BCUT2D eigenvalue weighted by Crippen LogP contribution is 2.31. The Balaban J connectivity index is 2.10. The van der Waals surface area contributed by atoms with Crippen LogP contribution in [0.5, 0.6) is 0 Å². The zero-order valence-electron chi connectivity index (χ0n) is 24.6. The van der Waals surface area contributed by atoms with Crippen molar-refractivity contribution >= 4 is 39.1 Å². The molecule has 3 rings (SSSR count). The third-order valence-electron chi connectivity index (χ3n) is 7.26. The zero-order valence-corrected chi connectivity index (χ0v) is 26.2. The van der Waals surface area contributed by atoms with E-state index in [-0.39, 0.29) is 23.4 Å². The van der Waals surface area contributed by atoms with Gasteiger partial charge in [0.15, 0.2) is 0 Å². The molecule has 9 heteroatoms. The lowest BCUT2D eigenvalue weighted by atomic mass is 10.1. The van der Waals surface area contributed by atoms with Gasteiger partial charge in [-0.25, -0.2) is 8.42 Å². The summed E-state index contributed by atoms with van der Waals surface area (Å²) in [7, 11) is -4.17. The molecule has 0 fully saturated rings. The molecule has 2 amide bonds. The maximum absolute atomic E-state index is 14.2. The fourth-order valence-electron chi connectivity index (χ4n) is 4.47. The van der Waals surface area contributed by atoms with Crippen molar-refractivity contribution in [3.8, 4) is 0 Å². The minimum atomic E-state index is -4.17. The number of halogens is 1. The summed E-state index contributed by atoms with van der Waals surface area (Å²) in [5.41, 5.74) is 3.65. The first-order valence-electron chi connectivity index (χ1n) is 13.9. The Kier molecular flexibility index (Phi) is 11.0. The van der Waals surface area contributed by atoms with E-state index >= 15 is 0 Å². The fraction of sp³-hybridized carbons (Fsp3) is 0.375. The molecule has 0 saturated carbocycles. The van der Waals surface area contributed by atoms with Crippen LogP contribution in [0.3, 0.4) is 0 Å². The SMILES string of the molecule is CC[C@@H](C)NC(=O)[C@@H](CC)N(Cc1ccc(C)cc1)C(=O)CN(c1cccc(Cl)c1C)S(=O)(=O)c1ccc(C)cc1. The Morgan fingerprint density at radius 3 is 2.02 bits per heavy atom. The molecule has 0 bridgehead atoms. The summed E-state index contributed by atoms with van der Waals surface area (Å²) in [4.78, 5) is 29.1. The van der Waals surface area contributed by atoms with Gasteiger partial charge in [-0.05, 0) is 75.9 Å². The van der Waals surface area contributed by atoms with Crippen LogP contribution in [-0.4, -0.2) is 43.8 Å². The molecule has 220 valence electrons. The van der Waals surface area contributed by atoms with Crippen LogP contribution in [0.1, 0.15) is 55.9 Å². The van der Waals surface area contributed by atoms with E-state index in [1.807, 2.05) is 58.9 Å². The van der Waals surface area contributed by atoms with Crippen LogP contribution < -0.4 is 9.62 Å². The fourth-order valence-corrected chi connectivity index (χ4v) is 6.11. The summed E-state index contributed by atoms with van der Waals surface area (Å²) in [6.45, 7) is 10.9. The molecule has 2 atom stereocenters. The Bertz CT molecular complexity index is 1460. The van der Waals surface area contributed by atoms with Crippen LogP contribution >= 0.6 is 11.6 Å². The summed E-state index contributed by atoms with van der Waals surface area (Å²) < 4.78 is 29.2. The molecule has 3 aromatic carbocycles. The number of nitrogens with zero attached hydrogens (tertiary/aromatic N) is 2. The Hall–Kier alpha value is -3.36. The van der Waals surface area contributed by atoms with Crippen molar-refractivity contribution in [2.75, 3.05) is 10.8 Å². The third-order valence-corrected chi connectivity index (χ3v) is 9.44. The maximum atomic E-state index is 14.2. The Morgan fingerprint density at radius 2 is 1.46 bits per heavy atom. The van der Waals surface area contributed by atoms with E-state index in [4.69, 9.17) is 11.6 Å². The molecule has 3 aromatic rings. The smallest absolute Gasteiger partial charge is 0.264 e. The Morgan fingerprint density at radius 1 is 0.878 bits per heavy atom. The first-order valence-corrected chi connectivity index (χ1v) is 15.7. The molecule has 41 heavy (non-hydrogen) atoms. The minimum absolute atomic E-state index is 0.0573.